The van der Waals surface area contributed by atoms with Crippen LogP contribution in [0.4, 0.5) is 0 Å². The van der Waals surface area contributed by atoms with E-state index in [9.17, 15) is 4.79 Å². The molecule has 34 heavy (non-hydrogen) atoms. The van der Waals surface area contributed by atoms with Crippen molar-refractivity contribution in [2.24, 2.45) is 0 Å². The molecule has 1 saturated carbocycles. The Labute approximate surface area is 201 Å². The molecule has 0 N–H and O–H groups in total. The van der Waals surface area contributed by atoms with E-state index in [2.05, 4.69) is 0 Å². The maximum Gasteiger partial charge on any atom is 0.185 e. The minimum absolute atomic E-state index is 0.129. The molecule has 5 rings (SSSR count). The fourth-order valence-electron chi connectivity index (χ4n) is 4.66. The molecular formula is C29H32O5. The van der Waals surface area contributed by atoms with Gasteiger partial charge in [-0.05, 0) is 86.1 Å². The van der Waals surface area contributed by atoms with E-state index in [-0.39, 0.29) is 18.0 Å². The van der Waals surface area contributed by atoms with E-state index in [1.807, 2.05) is 60.7 Å². The SMILES string of the molecule is O=C1/C(=C/c2ccc(OC3CCCOC3)cc2)CC/C1=C\c1ccc(OC2CCCOC2)cc1. The van der Waals surface area contributed by atoms with Crippen LogP contribution in [-0.4, -0.2) is 44.4 Å². The summed E-state index contributed by atoms with van der Waals surface area (Å²) in [7, 11) is 0. The van der Waals surface area contributed by atoms with Gasteiger partial charge in [-0.2, -0.15) is 0 Å². The zero-order valence-corrected chi connectivity index (χ0v) is 19.5. The highest BCUT2D eigenvalue weighted by atomic mass is 16.5. The predicted octanol–water partition coefficient (Wildman–Crippen LogP) is 5.63. The molecule has 1 aliphatic carbocycles. The second-order valence-corrected chi connectivity index (χ2v) is 9.22. The van der Waals surface area contributed by atoms with E-state index < -0.39 is 0 Å². The van der Waals surface area contributed by atoms with Gasteiger partial charge in [0.2, 0.25) is 0 Å². The largest absolute Gasteiger partial charge is 0.488 e. The molecule has 2 heterocycles. The average Bonchev–Trinajstić information content (AvgIpc) is 3.21. The van der Waals surface area contributed by atoms with Crippen molar-refractivity contribution in [1.29, 1.82) is 0 Å². The summed E-state index contributed by atoms with van der Waals surface area (Å²) in [4.78, 5) is 13.0. The van der Waals surface area contributed by atoms with Crippen LogP contribution in [0.2, 0.25) is 0 Å². The fourth-order valence-corrected chi connectivity index (χ4v) is 4.66. The van der Waals surface area contributed by atoms with Crippen LogP contribution in [0, 0.1) is 0 Å². The molecule has 3 aliphatic rings. The second kappa shape index (κ2) is 11.0. The predicted molar refractivity (Wildman–Crippen MR) is 132 cm³/mol. The summed E-state index contributed by atoms with van der Waals surface area (Å²) in [5.41, 5.74) is 3.76. The number of carbonyl (C=O) groups excluding carboxylic acids is 1. The summed E-state index contributed by atoms with van der Waals surface area (Å²) in [6, 6.07) is 15.9. The quantitative estimate of drug-likeness (QED) is 0.523. The topological polar surface area (TPSA) is 54.0 Å². The smallest absolute Gasteiger partial charge is 0.185 e. The van der Waals surface area contributed by atoms with Crippen LogP contribution in [0.5, 0.6) is 11.5 Å². The lowest BCUT2D eigenvalue weighted by atomic mass is 10.1. The summed E-state index contributed by atoms with van der Waals surface area (Å²) < 4.78 is 23.0. The number of carbonyl (C=O) groups is 1. The van der Waals surface area contributed by atoms with Gasteiger partial charge in [-0.25, -0.2) is 0 Å². The van der Waals surface area contributed by atoms with Gasteiger partial charge in [0, 0.05) is 24.4 Å². The third-order valence-electron chi connectivity index (χ3n) is 6.53. The minimum Gasteiger partial charge on any atom is -0.488 e. The molecular weight excluding hydrogens is 428 g/mol. The summed E-state index contributed by atoms with van der Waals surface area (Å²) in [5.74, 6) is 1.83. The Hall–Kier alpha value is -2.89. The lowest BCUT2D eigenvalue weighted by Crippen LogP contribution is -2.27. The van der Waals surface area contributed by atoms with Gasteiger partial charge in [0.05, 0.1) is 13.2 Å². The van der Waals surface area contributed by atoms with Crippen molar-refractivity contribution >= 4 is 17.9 Å². The highest BCUT2D eigenvalue weighted by Gasteiger charge is 2.23. The van der Waals surface area contributed by atoms with E-state index in [0.29, 0.717) is 13.2 Å². The number of benzene rings is 2. The first-order valence-corrected chi connectivity index (χ1v) is 12.4. The van der Waals surface area contributed by atoms with Gasteiger partial charge in [-0.1, -0.05) is 24.3 Å². The first-order chi connectivity index (χ1) is 16.7. The van der Waals surface area contributed by atoms with Crippen LogP contribution < -0.4 is 9.47 Å². The van der Waals surface area contributed by atoms with Gasteiger partial charge in [-0.15, -0.1) is 0 Å². The molecule has 2 aromatic carbocycles. The number of ketones is 1. The number of Topliss-reactive ketones (excluding diaryl/α,β-unsaturated/α-hetero) is 1. The van der Waals surface area contributed by atoms with Crippen LogP contribution in [0.3, 0.4) is 0 Å². The van der Waals surface area contributed by atoms with Crippen molar-refractivity contribution in [3.05, 3.63) is 70.8 Å². The zero-order valence-electron chi connectivity index (χ0n) is 19.5. The molecule has 0 radical (unpaired) electrons. The average molecular weight is 461 g/mol. The first kappa shape index (κ1) is 22.9. The third-order valence-corrected chi connectivity index (χ3v) is 6.53. The molecule has 3 fully saturated rings. The monoisotopic (exact) mass is 460 g/mol. The Morgan fingerprint density at radius 3 is 1.50 bits per heavy atom. The molecule has 2 unspecified atom stereocenters. The van der Waals surface area contributed by atoms with Crippen molar-refractivity contribution in [2.75, 3.05) is 26.4 Å². The van der Waals surface area contributed by atoms with Gasteiger partial charge in [-0.3, -0.25) is 4.79 Å². The molecule has 2 aromatic rings. The highest BCUT2D eigenvalue weighted by molar-refractivity contribution is 6.15. The third kappa shape index (κ3) is 5.96. The maximum absolute atomic E-state index is 13.0. The van der Waals surface area contributed by atoms with Crippen molar-refractivity contribution in [2.45, 2.75) is 50.7 Å². The Morgan fingerprint density at radius 1 is 0.676 bits per heavy atom. The molecule has 5 nitrogen and oxygen atoms in total. The normalized spacial score (nSPS) is 25.6. The van der Waals surface area contributed by atoms with E-state index in [1.54, 1.807) is 0 Å². The highest BCUT2D eigenvalue weighted by Crippen LogP contribution is 2.30. The Morgan fingerprint density at radius 2 is 1.12 bits per heavy atom. The molecule has 2 atom stereocenters. The van der Waals surface area contributed by atoms with Gasteiger partial charge >= 0.3 is 0 Å². The maximum atomic E-state index is 13.0. The fraction of sp³-hybridized carbons (Fsp3) is 0.414. The molecule has 0 aromatic heterocycles. The van der Waals surface area contributed by atoms with Gasteiger partial charge in [0.25, 0.3) is 0 Å². The van der Waals surface area contributed by atoms with Gasteiger partial charge in [0.1, 0.15) is 23.7 Å². The van der Waals surface area contributed by atoms with Gasteiger partial charge in [0.15, 0.2) is 5.78 Å². The summed E-state index contributed by atoms with van der Waals surface area (Å²) in [6.45, 7) is 2.96. The van der Waals surface area contributed by atoms with Gasteiger partial charge < -0.3 is 18.9 Å². The molecule has 0 amide bonds. The standard InChI is InChI=1S/C29H32O5/c30-29-23(17-21-5-11-25(12-6-21)33-27-3-1-15-31-19-27)9-10-24(29)18-22-7-13-26(14-8-22)34-28-4-2-16-32-20-28/h5-8,11-14,17-18,27-28H,1-4,9-10,15-16,19-20H2/b23-17+,24-18+. The number of rotatable bonds is 6. The summed E-state index contributed by atoms with van der Waals surface area (Å²) in [5, 5.41) is 0. The molecule has 2 saturated heterocycles. The molecule has 5 heteroatoms. The van der Waals surface area contributed by atoms with Crippen LogP contribution in [0.25, 0.3) is 12.2 Å². The lowest BCUT2D eigenvalue weighted by molar-refractivity contribution is -0.111. The Balaban J connectivity index is 1.18. The zero-order chi connectivity index (χ0) is 23.2. The van der Waals surface area contributed by atoms with Crippen LogP contribution in [0.15, 0.2) is 59.7 Å². The van der Waals surface area contributed by atoms with Crippen LogP contribution in [0.1, 0.15) is 49.7 Å². The molecule has 178 valence electrons. The summed E-state index contributed by atoms with van der Waals surface area (Å²) >= 11 is 0. The Kier molecular flexibility index (Phi) is 7.42. The van der Waals surface area contributed by atoms with Crippen molar-refractivity contribution in [3.8, 4) is 11.5 Å². The number of allylic oxidation sites excluding steroid dienone is 2. The van der Waals surface area contributed by atoms with E-state index >= 15 is 0 Å². The van der Waals surface area contributed by atoms with Crippen LogP contribution in [-0.2, 0) is 14.3 Å². The van der Waals surface area contributed by atoms with Crippen LogP contribution >= 0.6 is 0 Å². The van der Waals surface area contributed by atoms with E-state index in [0.717, 1.165) is 85.5 Å². The molecule has 0 bridgehead atoms. The Bertz CT molecular complexity index is 940. The van der Waals surface area contributed by atoms with E-state index in [1.165, 1.54) is 0 Å². The number of ether oxygens (including phenoxy) is 4. The minimum atomic E-state index is 0.129. The molecule has 2 aliphatic heterocycles. The van der Waals surface area contributed by atoms with Crippen molar-refractivity contribution in [1.82, 2.24) is 0 Å². The molecule has 0 spiro atoms. The van der Waals surface area contributed by atoms with E-state index in [4.69, 9.17) is 18.9 Å². The summed E-state index contributed by atoms with van der Waals surface area (Å²) in [6.07, 6.45) is 9.94. The lowest BCUT2D eigenvalue weighted by Gasteiger charge is -2.23. The number of hydrogen-bond acceptors (Lipinski definition) is 5. The second-order valence-electron chi connectivity index (χ2n) is 9.22. The van der Waals surface area contributed by atoms with Crippen molar-refractivity contribution in [3.63, 3.8) is 0 Å². The van der Waals surface area contributed by atoms with Crippen molar-refractivity contribution < 1.29 is 23.7 Å². The number of hydrogen-bond donors (Lipinski definition) is 0. The first-order valence-electron chi connectivity index (χ1n) is 12.4.